The molecule has 0 aliphatic rings. The summed E-state index contributed by atoms with van der Waals surface area (Å²) in [5, 5.41) is 12.5. The van der Waals surface area contributed by atoms with Crippen LogP contribution in [0.15, 0.2) is 58.5 Å². The monoisotopic (exact) mass is 448 g/mol. The van der Waals surface area contributed by atoms with Gasteiger partial charge in [-0.25, -0.2) is 4.98 Å². The maximum atomic E-state index is 12.3. The zero-order chi connectivity index (χ0) is 22.7. The molecule has 0 fully saturated rings. The summed E-state index contributed by atoms with van der Waals surface area (Å²) in [5.74, 6) is 1.23. The average molecular weight is 449 g/mol. The standard InChI is InChI=1S/C23H24N6O2S/c1-14-8-10-16(11-9-14)24-20(30)13-12-19-27-28-23(29(19)3)32-15(2)21-25-18-7-5-4-6-17(18)22(31)26-21/h4-11,15H,12-13H2,1-3H3,(H,24,30)(H,25,26,31)/t15-/m0/s1. The van der Waals surface area contributed by atoms with Crippen LogP contribution in [0, 0.1) is 6.92 Å². The molecule has 0 radical (unpaired) electrons. The molecule has 2 heterocycles. The van der Waals surface area contributed by atoms with E-state index in [0.717, 1.165) is 17.1 Å². The lowest BCUT2D eigenvalue weighted by atomic mass is 10.2. The van der Waals surface area contributed by atoms with Gasteiger partial charge in [0.25, 0.3) is 5.56 Å². The molecular formula is C23H24N6O2S. The van der Waals surface area contributed by atoms with E-state index in [1.54, 1.807) is 6.07 Å². The predicted molar refractivity (Wildman–Crippen MR) is 126 cm³/mol. The van der Waals surface area contributed by atoms with E-state index in [1.807, 2.05) is 67.9 Å². The second-order valence-electron chi connectivity index (χ2n) is 7.60. The summed E-state index contributed by atoms with van der Waals surface area (Å²) in [5.41, 5.74) is 2.43. The molecule has 164 valence electrons. The zero-order valence-corrected chi connectivity index (χ0v) is 18.9. The number of aromatic amines is 1. The Labute approximate surface area is 189 Å². The van der Waals surface area contributed by atoms with E-state index in [2.05, 4.69) is 25.5 Å². The number of hydrogen-bond acceptors (Lipinski definition) is 6. The predicted octanol–water partition coefficient (Wildman–Crippen LogP) is 3.78. The lowest BCUT2D eigenvalue weighted by Gasteiger charge is -2.11. The van der Waals surface area contributed by atoms with Crippen LogP contribution in [0.2, 0.25) is 0 Å². The van der Waals surface area contributed by atoms with Crippen molar-refractivity contribution in [2.75, 3.05) is 5.32 Å². The first-order chi connectivity index (χ1) is 15.4. The summed E-state index contributed by atoms with van der Waals surface area (Å²) < 4.78 is 1.87. The van der Waals surface area contributed by atoms with Gasteiger partial charge in [0.1, 0.15) is 11.6 Å². The van der Waals surface area contributed by atoms with Crippen LogP contribution in [0.3, 0.4) is 0 Å². The highest BCUT2D eigenvalue weighted by Crippen LogP contribution is 2.32. The maximum absolute atomic E-state index is 12.3. The lowest BCUT2D eigenvalue weighted by molar-refractivity contribution is -0.116. The second-order valence-corrected chi connectivity index (χ2v) is 8.91. The van der Waals surface area contributed by atoms with Crippen molar-refractivity contribution in [2.24, 2.45) is 7.05 Å². The normalized spacial score (nSPS) is 12.1. The Balaban J connectivity index is 1.40. The van der Waals surface area contributed by atoms with E-state index in [9.17, 15) is 9.59 Å². The number of aryl methyl sites for hydroxylation is 2. The van der Waals surface area contributed by atoms with Crippen molar-refractivity contribution in [3.05, 3.63) is 76.1 Å². The van der Waals surface area contributed by atoms with Crippen LogP contribution < -0.4 is 10.9 Å². The number of fused-ring (bicyclic) bond motifs is 1. The molecule has 0 saturated carbocycles. The maximum Gasteiger partial charge on any atom is 0.258 e. The van der Waals surface area contributed by atoms with Crippen molar-refractivity contribution >= 4 is 34.3 Å². The van der Waals surface area contributed by atoms with Gasteiger partial charge in [0.05, 0.1) is 16.2 Å². The number of nitrogens with zero attached hydrogens (tertiary/aromatic N) is 4. The van der Waals surface area contributed by atoms with Gasteiger partial charge in [-0.2, -0.15) is 0 Å². The molecule has 4 aromatic rings. The molecule has 0 bridgehead atoms. The molecule has 2 aromatic heterocycles. The van der Waals surface area contributed by atoms with E-state index < -0.39 is 0 Å². The van der Waals surface area contributed by atoms with Crippen LogP contribution in [0.25, 0.3) is 10.9 Å². The Morgan fingerprint density at radius 1 is 1.16 bits per heavy atom. The Morgan fingerprint density at radius 2 is 1.91 bits per heavy atom. The van der Waals surface area contributed by atoms with Crippen LogP contribution in [0.4, 0.5) is 5.69 Å². The third kappa shape index (κ3) is 4.88. The van der Waals surface area contributed by atoms with Gasteiger partial charge >= 0.3 is 0 Å². The number of H-pyrrole nitrogens is 1. The first-order valence-corrected chi connectivity index (χ1v) is 11.2. The summed E-state index contributed by atoms with van der Waals surface area (Å²) >= 11 is 1.46. The lowest BCUT2D eigenvalue weighted by Crippen LogP contribution is -2.14. The smallest absolute Gasteiger partial charge is 0.258 e. The molecule has 0 unspecified atom stereocenters. The highest BCUT2D eigenvalue weighted by molar-refractivity contribution is 7.99. The summed E-state index contributed by atoms with van der Waals surface area (Å²) in [6.45, 7) is 3.96. The van der Waals surface area contributed by atoms with Gasteiger partial charge in [-0.15, -0.1) is 10.2 Å². The van der Waals surface area contributed by atoms with Crippen LogP contribution >= 0.6 is 11.8 Å². The second kappa shape index (κ2) is 9.35. The van der Waals surface area contributed by atoms with Crippen molar-refractivity contribution < 1.29 is 4.79 Å². The quantitative estimate of drug-likeness (QED) is 0.417. The fraction of sp³-hybridized carbons (Fsp3) is 0.261. The van der Waals surface area contributed by atoms with Crippen molar-refractivity contribution in [1.82, 2.24) is 24.7 Å². The fourth-order valence-electron chi connectivity index (χ4n) is 3.26. The summed E-state index contributed by atoms with van der Waals surface area (Å²) in [7, 11) is 1.87. The Morgan fingerprint density at radius 3 is 2.69 bits per heavy atom. The first-order valence-electron chi connectivity index (χ1n) is 10.3. The summed E-state index contributed by atoms with van der Waals surface area (Å²) in [6.07, 6.45) is 0.779. The molecule has 0 saturated heterocycles. The molecule has 1 amide bonds. The minimum absolute atomic E-state index is 0.0719. The number of benzene rings is 2. The summed E-state index contributed by atoms with van der Waals surface area (Å²) in [6, 6.07) is 15.0. The van der Waals surface area contributed by atoms with E-state index in [0.29, 0.717) is 34.7 Å². The number of carbonyl (C=O) groups is 1. The van der Waals surface area contributed by atoms with Gasteiger partial charge in [-0.3, -0.25) is 9.59 Å². The van der Waals surface area contributed by atoms with Crippen LogP contribution in [0.5, 0.6) is 0 Å². The van der Waals surface area contributed by atoms with Crippen molar-refractivity contribution in [3.8, 4) is 0 Å². The number of nitrogens with one attached hydrogen (secondary N) is 2. The van der Waals surface area contributed by atoms with E-state index in [1.165, 1.54) is 11.8 Å². The third-order valence-corrected chi connectivity index (χ3v) is 6.28. The minimum Gasteiger partial charge on any atom is -0.326 e. The highest BCUT2D eigenvalue weighted by atomic mass is 32.2. The Bertz CT molecular complexity index is 1310. The fourth-order valence-corrected chi connectivity index (χ4v) is 4.15. The van der Waals surface area contributed by atoms with Gasteiger partial charge in [-0.1, -0.05) is 41.6 Å². The minimum atomic E-state index is -0.156. The van der Waals surface area contributed by atoms with Crippen LogP contribution in [0.1, 0.15) is 35.8 Å². The molecule has 32 heavy (non-hydrogen) atoms. The SMILES string of the molecule is Cc1ccc(NC(=O)CCc2nnc(S[C@@H](C)c3nc4ccccc4c(=O)[nH]3)n2C)cc1. The van der Waals surface area contributed by atoms with E-state index in [-0.39, 0.29) is 16.7 Å². The van der Waals surface area contributed by atoms with E-state index >= 15 is 0 Å². The van der Waals surface area contributed by atoms with Gasteiger partial charge < -0.3 is 14.9 Å². The number of para-hydroxylation sites is 1. The van der Waals surface area contributed by atoms with Crippen LogP contribution in [-0.2, 0) is 18.3 Å². The van der Waals surface area contributed by atoms with Crippen molar-refractivity contribution in [2.45, 2.75) is 37.1 Å². The van der Waals surface area contributed by atoms with Crippen LogP contribution in [-0.4, -0.2) is 30.6 Å². The molecule has 2 aromatic carbocycles. The number of rotatable bonds is 7. The molecule has 0 spiro atoms. The van der Waals surface area contributed by atoms with Gasteiger partial charge in [0.15, 0.2) is 5.16 Å². The first kappa shape index (κ1) is 21.8. The van der Waals surface area contributed by atoms with Gasteiger partial charge in [-0.05, 0) is 38.1 Å². The molecule has 0 aliphatic carbocycles. The topological polar surface area (TPSA) is 106 Å². The Kier molecular flexibility index (Phi) is 6.36. The number of carbonyl (C=O) groups excluding carboxylic acids is 1. The number of amides is 1. The molecule has 2 N–H and O–H groups in total. The molecule has 1 atom stereocenters. The largest absolute Gasteiger partial charge is 0.326 e. The average Bonchev–Trinajstić information content (AvgIpc) is 3.13. The van der Waals surface area contributed by atoms with Crippen molar-refractivity contribution in [3.63, 3.8) is 0 Å². The zero-order valence-electron chi connectivity index (χ0n) is 18.1. The number of thioether (sulfide) groups is 1. The van der Waals surface area contributed by atoms with E-state index in [4.69, 9.17) is 0 Å². The number of hydrogen-bond donors (Lipinski definition) is 2. The molecule has 9 heteroatoms. The number of anilines is 1. The molecule has 0 aliphatic heterocycles. The highest BCUT2D eigenvalue weighted by Gasteiger charge is 2.17. The van der Waals surface area contributed by atoms with Gasteiger partial charge in [0.2, 0.25) is 5.91 Å². The summed E-state index contributed by atoms with van der Waals surface area (Å²) in [4.78, 5) is 32.1. The Hall–Kier alpha value is -3.46. The number of aromatic nitrogens is 5. The van der Waals surface area contributed by atoms with Crippen molar-refractivity contribution in [1.29, 1.82) is 0 Å². The molecular weight excluding hydrogens is 424 g/mol. The molecule has 8 nitrogen and oxygen atoms in total. The molecule has 4 rings (SSSR count). The third-order valence-electron chi connectivity index (χ3n) is 5.13. The van der Waals surface area contributed by atoms with Gasteiger partial charge in [0, 0.05) is 25.6 Å².